The number of ether oxygens (including phenoxy) is 1. The van der Waals surface area contributed by atoms with Crippen molar-refractivity contribution in [3.8, 4) is 6.07 Å². The van der Waals surface area contributed by atoms with Gasteiger partial charge in [-0.3, -0.25) is 4.79 Å². The second-order valence-corrected chi connectivity index (χ2v) is 3.38. The molecule has 2 heterocycles. The number of hydrogen-bond donors (Lipinski definition) is 1. The van der Waals surface area contributed by atoms with E-state index < -0.39 is 5.60 Å². The van der Waals surface area contributed by atoms with Gasteiger partial charge in [0.05, 0.1) is 24.7 Å². The van der Waals surface area contributed by atoms with Crippen LogP contribution in [0.1, 0.15) is 12.7 Å². The highest BCUT2D eigenvalue weighted by Crippen LogP contribution is 2.27. The fourth-order valence-corrected chi connectivity index (χ4v) is 0.953. The van der Waals surface area contributed by atoms with Crippen LogP contribution in [0.3, 0.4) is 0 Å². The summed E-state index contributed by atoms with van der Waals surface area (Å²) in [6.07, 6.45) is 2.77. The monoisotopic (exact) mass is 204 g/mol. The van der Waals surface area contributed by atoms with Crippen LogP contribution in [0.15, 0.2) is 12.4 Å². The molecule has 6 heteroatoms. The molecule has 1 aliphatic rings. The van der Waals surface area contributed by atoms with Gasteiger partial charge in [-0.25, -0.2) is 9.97 Å². The summed E-state index contributed by atoms with van der Waals surface area (Å²) in [6.45, 7) is 2.13. The van der Waals surface area contributed by atoms with Gasteiger partial charge in [0.25, 0.3) is 5.91 Å². The van der Waals surface area contributed by atoms with Gasteiger partial charge in [0.15, 0.2) is 5.60 Å². The zero-order valence-corrected chi connectivity index (χ0v) is 8.02. The number of nitriles is 1. The molecule has 1 atom stereocenters. The number of rotatable bonds is 2. The molecule has 1 amide bonds. The molecule has 0 saturated carbocycles. The minimum Gasteiger partial charge on any atom is -0.359 e. The highest BCUT2D eigenvalue weighted by atomic mass is 16.6. The average molecular weight is 204 g/mol. The summed E-state index contributed by atoms with van der Waals surface area (Å²) >= 11 is 0. The van der Waals surface area contributed by atoms with Gasteiger partial charge in [-0.15, -0.1) is 0 Å². The standard InChI is InChI=1S/C9H8N4O2/c1-9(5-15-9)8(14)13-6-3-11-7(2-10)12-4-6/h3-4H,5H2,1H3,(H,13,14)/t9-/m0/s1. The second kappa shape index (κ2) is 3.29. The van der Waals surface area contributed by atoms with Crippen molar-refractivity contribution >= 4 is 11.6 Å². The lowest BCUT2D eigenvalue weighted by Crippen LogP contribution is -2.28. The summed E-state index contributed by atoms with van der Waals surface area (Å²) in [6, 6.07) is 1.79. The van der Waals surface area contributed by atoms with Crippen molar-refractivity contribution in [3.05, 3.63) is 18.2 Å². The third-order valence-electron chi connectivity index (χ3n) is 2.07. The number of hydrogen-bond acceptors (Lipinski definition) is 5. The minimum absolute atomic E-state index is 0.0712. The summed E-state index contributed by atoms with van der Waals surface area (Å²) in [7, 11) is 0. The van der Waals surface area contributed by atoms with Crippen LogP contribution < -0.4 is 5.32 Å². The Kier molecular flexibility index (Phi) is 2.10. The maximum Gasteiger partial charge on any atom is 0.258 e. The number of carbonyl (C=O) groups excluding carboxylic acids is 1. The van der Waals surface area contributed by atoms with Gasteiger partial charge in [0.2, 0.25) is 5.82 Å². The van der Waals surface area contributed by atoms with Crippen LogP contribution in [0.2, 0.25) is 0 Å². The number of nitrogens with one attached hydrogen (secondary N) is 1. The molecule has 2 rings (SSSR count). The normalized spacial score (nSPS) is 22.9. The Hall–Kier alpha value is -2.00. The number of aromatic nitrogens is 2. The van der Waals surface area contributed by atoms with Gasteiger partial charge in [0, 0.05) is 0 Å². The molecule has 1 aliphatic heterocycles. The number of epoxide rings is 1. The van der Waals surface area contributed by atoms with E-state index in [1.807, 2.05) is 0 Å². The fourth-order valence-electron chi connectivity index (χ4n) is 0.953. The molecule has 1 aromatic heterocycles. The predicted molar refractivity (Wildman–Crippen MR) is 49.7 cm³/mol. The first-order valence-electron chi connectivity index (χ1n) is 4.32. The van der Waals surface area contributed by atoms with Crippen LogP contribution in [0, 0.1) is 11.3 Å². The smallest absolute Gasteiger partial charge is 0.258 e. The zero-order chi connectivity index (χ0) is 10.9. The predicted octanol–water partition coefficient (Wildman–Crippen LogP) is 0.0757. The third-order valence-corrected chi connectivity index (χ3v) is 2.07. The molecular weight excluding hydrogens is 196 g/mol. The Morgan fingerprint density at radius 3 is 2.73 bits per heavy atom. The molecule has 1 N–H and O–H groups in total. The van der Waals surface area contributed by atoms with E-state index in [1.54, 1.807) is 13.0 Å². The van der Waals surface area contributed by atoms with Gasteiger partial charge >= 0.3 is 0 Å². The molecule has 6 nitrogen and oxygen atoms in total. The third kappa shape index (κ3) is 1.92. The molecule has 0 aliphatic carbocycles. The Morgan fingerprint density at radius 2 is 2.27 bits per heavy atom. The van der Waals surface area contributed by atoms with Crippen LogP contribution in [0.5, 0.6) is 0 Å². The quantitative estimate of drug-likeness (QED) is 0.688. The Morgan fingerprint density at radius 1 is 1.67 bits per heavy atom. The lowest BCUT2D eigenvalue weighted by Gasteiger charge is -2.06. The molecule has 0 unspecified atom stereocenters. The first-order valence-corrected chi connectivity index (χ1v) is 4.32. The molecule has 0 aromatic carbocycles. The van der Waals surface area contributed by atoms with Crippen LogP contribution in [0.4, 0.5) is 5.69 Å². The Balaban J connectivity index is 2.05. The van der Waals surface area contributed by atoms with Crippen LogP contribution in [-0.2, 0) is 9.53 Å². The molecule has 1 fully saturated rings. The lowest BCUT2D eigenvalue weighted by atomic mass is 10.2. The first kappa shape index (κ1) is 9.55. The SMILES string of the molecule is C[C@@]1(C(=O)Nc2cnc(C#N)nc2)CO1. The average Bonchev–Trinajstić information content (AvgIpc) is 2.99. The molecule has 76 valence electrons. The van der Waals surface area contributed by atoms with E-state index in [9.17, 15) is 4.79 Å². The highest BCUT2D eigenvalue weighted by molar-refractivity contribution is 5.98. The molecular formula is C9H8N4O2. The van der Waals surface area contributed by atoms with Gasteiger partial charge in [0.1, 0.15) is 6.07 Å². The van der Waals surface area contributed by atoms with E-state index in [2.05, 4.69) is 15.3 Å². The van der Waals surface area contributed by atoms with E-state index in [0.717, 1.165) is 0 Å². The van der Waals surface area contributed by atoms with Crippen molar-refractivity contribution in [2.45, 2.75) is 12.5 Å². The minimum atomic E-state index is -0.714. The topological polar surface area (TPSA) is 91.2 Å². The van der Waals surface area contributed by atoms with Crippen molar-refractivity contribution < 1.29 is 9.53 Å². The number of carbonyl (C=O) groups is 1. The summed E-state index contributed by atoms with van der Waals surface area (Å²) in [5.74, 6) is -0.155. The number of anilines is 1. The van der Waals surface area contributed by atoms with Crippen molar-refractivity contribution in [2.24, 2.45) is 0 Å². The Bertz CT molecular complexity index is 430. The molecule has 0 spiro atoms. The Labute approximate surface area is 85.9 Å². The van der Waals surface area contributed by atoms with E-state index in [4.69, 9.17) is 10.00 Å². The van der Waals surface area contributed by atoms with Crippen molar-refractivity contribution in [1.29, 1.82) is 5.26 Å². The van der Waals surface area contributed by atoms with Crippen LogP contribution >= 0.6 is 0 Å². The van der Waals surface area contributed by atoms with E-state index in [-0.39, 0.29) is 11.7 Å². The molecule has 0 radical (unpaired) electrons. The van der Waals surface area contributed by atoms with Gasteiger partial charge in [-0.1, -0.05) is 0 Å². The largest absolute Gasteiger partial charge is 0.359 e. The van der Waals surface area contributed by atoms with Crippen LogP contribution in [0.25, 0.3) is 0 Å². The molecule has 1 saturated heterocycles. The maximum atomic E-state index is 11.5. The van der Waals surface area contributed by atoms with Gasteiger partial charge in [-0.2, -0.15) is 5.26 Å². The van der Waals surface area contributed by atoms with Crippen molar-refractivity contribution in [3.63, 3.8) is 0 Å². The summed E-state index contributed by atoms with van der Waals surface area (Å²) in [4.78, 5) is 18.9. The van der Waals surface area contributed by atoms with E-state index in [0.29, 0.717) is 12.3 Å². The zero-order valence-electron chi connectivity index (χ0n) is 8.02. The van der Waals surface area contributed by atoms with Crippen LogP contribution in [-0.4, -0.2) is 28.1 Å². The van der Waals surface area contributed by atoms with Crippen molar-refractivity contribution in [2.75, 3.05) is 11.9 Å². The van der Waals surface area contributed by atoms with Crippen molar-refractivity contribution in [1.82, 2.24) is 9.97 Å². The van der Waals surface area contributed by atoms with E-state index in [1.165, 1.54) is 12.4 Å². The first-order chi connectivity index (χ1) is 7.14. The molecule has 15 heavy (non-hydrogen) atoms. The highest BCUT2D eigenvalue weighted by Gasteiger charge is 2.47. The van der Waals surface area contributed by atoms with Gasteiger partial charge in [-0.05, 0) is 6.92 Å². The summed E-state index contributed by atoms with van der Waals surface area (Å²) in [5.41, 5.74) is -0.260. The molecule has 0 bridgehead atoms. The molecule has 1 aromatic rings. The second-order valence-electron chi connectivity index (χ2n) is 3.38. The summed E-state index contributed by atoms with van der Waals surface area (Å²) in [5, 5.41) is 11.1. The maximum absolute atomic E-state index is 11.5. The lowest BCUT2D eigenvalue weighted by molar-refractivity contribution is -0.120. The summed E-state index contributed by atoms with van der Waals surface area (Å²) < 4.78 is 4.97. The van der Waals surface area contributed by atoms with Gasteiger partial charge < -0.3 is 10.1 Å². The number of amides is 1. The number of nitrogens with zero attached hydrogens (tertiary/aromatic N) is 3. The van der Waals surface area contributed by atoms with E-state index >= 15 is 0 Å². The fraction of sp³-hybridized carbons (Fsp3) is 0.333.